The Kier molecular flexibility index (Phi) is 4.95. The van der Waals surface area contributed by atoms with Gasteiger partial charge in [0.05, 0.1) is 12.2 Å². The molecule has 1 atom stereocenters. The lowest BCUT2D eigenvalue weighted by atomic mass is 9.93. The van der Waals surface area contributed by atoms with Crippen LogP contribution in [-0.2, 0) is 15.1 Å². The largest absolute Gasteiger partial charge is 0.468 e. The van der Waals surface area contributed by atoms with Crippen molar-refractivity contribution in [2.45, 2.75) is 18.9 Å². The van der Waals surface area contributed by atoms with Crippen molar-refractivity contribution >= 4 is 6.47 Å². The first-order chi connectivity index (χ1) is 10.1. The van der Waals surface area contributed by atoms with E-state index < -0.39 is 5.60 Å². The van der Waals surface area contributed by atoms with Crippen molar-refractivity contribution in [1.82, 2.24) is 0 Å². The van der Waals surface area contributed by atoms with Crippen LogP contribution in [0, 0.1) is 0 Å². The van der Waals surface area contributed by atoms with Crippen LogP contribution >= 0.6 is 0 Å². The summed E-state index contributed by atoms with van der Waals surface area (Å²) in [6.07, 6.45) is 0.338. The van der Waals surface area contributed by atoms with E-state index in [0.717, 1.165) is 11.3 Å². The van der Waals surface area contributed by atoms with E-state index in [1.54, 1.807) is 31.2 Å². The van der Waals surface area contributed by atoms with Crippen LogP contribution in [0.5, 0.6) is 11.5 Å². The van der Waals surface area contributed by atoms with Crippen molar-refractivity contribution in [1.29, 1.82) is 0 Å². The summed E-state index contributed by atoms with van der Waals surface area (Å²) < 4.78 is 10.3. The Balaban J connectivity index is 2.02. The van der Waals surface area contributed by atoms with Crippen molar-refractivity contribution < 1.29 is 19.4 Å². The van der Waals surface area contributed by atoms with Gasteiger partial charge in [0.15, 0.2) is 0 Å². The molecule has 0 fully saturated rings. The maximum Gasteiger partial charge on any atom is 0.293 e. The Morgan fingerprint density at radius 1 is 1.05 bits per heavy atom. The van der Waals surface area contributed by atoms with Gasteiger partial charge >= 0.3 is 0 Å². The van der Waals surface area contributed by atoms with Gasteiger partial charge in [-0.1, -0.05) is 30.3 Å². The van der Waals surface area contributed by atoms with E-state index in [0.29, 0.717) is 18.6 Å². The number of hydrogen-bond donors (Lipinski definition) is 1. The summed E-state index contributed by atoms with van der Waals surface area (Å²) in [7, 11) is 0. The van der Waals surface area contributed by atoms with Crippen LogP contribution in [0.15, 0.2) is 54.6 Å². The van der Waals surface area contributed by atoms with Crippen LogP contribution in [0.3, 0.4) is 0 Å². The molecule has 2 aromatic carbocycles. The third-order valence-corrected chi connectivity index (χ3v) is 3.23. The first-order valence-corrected chi connectivity index (χ1v) is 6.73. The zero-order chi connectivity index (χ0) is 15.1. The number of aliphatic hydroxyl groups is 1. The number of hydrogen-bond acceptors (Lipinski definition) is 4. The van der Waals surface area contributed by atoms with E-state index >= 15 is 0 Å². The highest BCUT2D eigenvalue weighted by Gasteiger charge is 2.22. The molecule has 0 aliphatic carbocycles. The van der Waals surface area contributed by atoms with Gasteiger partial charge in [0.25, 0.3) is 6.47 Å². The minimum absolute atomic E-state index is 0.179. The molecule has 0 aliphatic heterocycles. The number of ether oxygens (including phenoxy) is 2. The smallest absolute Gasteiger partial charge is 0.293 e. The highest BCUT2D eigenvalue weighted by atomic mass is 16.5. The van der Waals surface area contributed by atoms with Crippen LogP contribution in [0.25, 0.3) is 0 Å². The fourth-order valence-electron chi connectivity index (χ4n) is 1.96. The second-order valence-corrected chi connectivity index (χ2v) is 4.93. The zero-order valence-electron chi connectivity index (χ0n) is 11.9. The quantitative estimate of drug-likeness (QED) is 0.627. The van der Waals surface area contributed by atoms with Gasteiger partial charge in [-0.2, -0.15) is 0 Å². The molecular formula is C17H18O4. The minimum Gasteiger partial charge on any atom is -0.468 e. The molecule has 0 amide bonds. The van der Waals surface area contributed by atoms with E-state index in [9.17, 15) is 9.90 Å². The summed E-state index contributed by atoms with van der Waals surface area (Å²) in [5.41, 5.74) is -0.300. The molecular weight excluding hydrogens is 268 g/mol. The Labute approximate surface area is 123 Å². The molecule has 2 aromatic rings. The Morgan fingerprint density at radius 2 is 1.67 bits per heavy atom. The number of carbonyl (C=O) groups excluding carboxylic acids is 1. The van der Waals surface area contributed by atoms with E-state index in [4.69, 9.17) is 4.74 Å². The first kappa shape index (κ1) is 15.1. The monoisotopic (exact) mass is 286 g/mol. The van der Waals surface area contributed by atoms with Gasteiger partial charge in [-0.25, -0.2) is 0 Å². The van der Waals surface area contributed by atoms with E-state index in [2.05, 4.69) is 4.74 Å². The molecule has 0 aromatic heterocycles. The summed E-state index contributed by atoms with van der Waals surface area (Å²) >= 11 is 0. The lowest BCUT2D eigenvalue weighted by molar-refractivity contribution is -0.130. The molecule has 21 heavy (non-hydrogen) atoms. The molecule has 4 nitrogen and oxygen atoms in total. The maximum absolute atomic E-state index is 10.4. The number of rotatable bonds is 7. The van der Waals surface area contributed by atoms with Crippen LogP contribution in [0.4, 0.5) is 0 Å². The molecule has 4 heteroatoms. The van der Waals surface area contributed by atoms with Gasteiger partial charge in [-0.05, 0) is 36.8 Å². The van der Waals surface area contributed by atoms with E-state index in [-0.39, 0.29) is 6.61 Å². The van der Waals surface area contributed by atoms with Crippen molar-refractivity contribution in [2.75, 3.05) is 6.61 Å². The van der Waals surface area contributed by atoms with E-state index in [1.165, 1.54) is 0 Å². The third-order valence-electron chi connectivity index (χ3n) is 3.23. The second-order valence-electron chi connectivity index (χ2n) is 4.93. The Bertz CT molecular complexity index is 561. The average Bonchev–Trinajstić information content (AvgIpc) is 2.49. The molecule has 0 aliphatic rings. The number of para-hydroxylation sites is 1. The fourth-order valence-corrected chi connectivity index (χ4v) is 1.96. The lowest BCUT2D eigenvalue weighted by Crippen LogP contribution is -2.23. The number of benzene rings is 2. The molecule has 1 N–H and O–H groups in total. The van der Waals surface area contributed by atoms with Crippen LogP contribution < -0.4 is 4.74 Å². The minimum atomic E-state index is -1.05. The normalized spacial score (nSPS) is 13.2. The van der Waals surface area contributed by atoms with Gasteiger partial charge in [-0.15, -0.1) is 0 Å². The van der Waals surface area contributed by atoms with Crippen molar-refractivity contribution in [2.24, 2.45) is 0 Å². The molecule has 0 saturated heterocycles. The standard InChI is InChI=1S/C17H18O4/c1-17(19,11-12-20-13-18)14-7-9-16(10-8-14)21-15-5-3-2-4-6-15/h2-10,13,19H,11-12H2,1H3. The van der Waals surface area contributed by atoms with Crippen LogP contribution in [-0.4, -0.2) is 18.2 Å². The van der Waals surface area contributed by atoms with Gasteiger partial charge in [-0.3, -0.25) is 4.79 Å². The molecule has 0 saturated carbocycles. The zero-order valence-corrected chi connectivity index (χ0v) is 11.9. The van der Waals surface area contributed by atoms with Gasteiger partial charge < -0.3 is 14.6 Å². The topological polar surface area (TPSA) is 55.8 Å². The molecule has 0 heterocycles. The van der Waals surface area contributed by atoms with Crippen molar-refractivity contribution in [3.8, 4) is 11.5 Å². The Hall–Kier alpha value is -2.33. The molecule has 0 radical (unpaired) electrons. The first-order valence-electron chi connectivity index (χ1n) is 6.73. The van der Waals surface area contributed by atoms with Crippen LogP contribution in [0.2, 0.25) is 0 Å². The Morgan fingerprint density at radius 3 is 2.29 bits per heavy atom. The SMILES string of the molecule is CC(O)(CCOC=O)c1ccc(Oc2ccccc2)cc1. The lowest BCUT2D eigenvalue weighted by Gasteiger charge is -2.23. The van der Waals surface area contributed by atoms with Crippen LogP contribution in [0.1, 0.15) is 18.9 Å². The molecule has 0 bridgehead atoms. The van der Waals surface area contributed by atoms with Crippen molar-refractivity contribution in [3.63, 3.8) is 0 Å². The highest BCUT2D eigenvalue weighted by molar-refractivity contribution is 5.37. The second kappa shape index (κ2) is 6.90. The predicted molar refractivity (Wildman–Crippen MR) is 79.2 cm³/mol. The number of carbonyl (C=O) groups is 1. The molecule has 0 spiro atoms. The molecule has 1 unspecified atom stereocenters. The summed E-state index contributed by atoms with van der Waals surface area (Å²) in [6.45, 7) is 2.25. The van der Waals surface area contributed by atoms with Gasteiger partial charge in [0.1, 0.15) is 11.5 Å². The molecule has 2 rings (SSSR count). The summed E-state index contributed by atoms with van der Waals surface area (Å²) in [4.78, 5) is 10.1. The average molecular weight is 286 g/mol. The highest BCUT2D eigenvalue weighted by Crippen LogP contribution is 2.28. The maximum atomic E-state index is 10.4. The van der Waals surface area contributed by atoms with Gasteiger partial charge in [0, 0.05) is 6.42 Å². The fraction of sp³-hybridized carbons (Fsp3) is 0.235. The van der Waals surface area contributed by atoms with Gasteiger partial charge in [0.2, 0.25) is 0 Å². The third kappa shape index (κ3) is 4.33. The van der Waals surface area contributed by atoms with E-state index in [1.807, 2.05) is 30.3 Å². The molecule has 110 valence electrons. The van der Waals surface area contributed by atoms with Crippen molar-refractivity contribution in [3.05, 3.63) is 60.2 Å². The summed E-state index contributed by atoms with van der Waals surface area (Å²) in [5.74, 6) is 1.46. The predicted octanol–water partition coefficient (Wildman–Crippen LogP) is 3.25. The summed E-state index contributed by atoms with van der Waals surface area (Å²) in [5, 5.41) is 10.4. The summed E-state index contributed by atoms with van der Waals surface area (Å²) in [6, 6.07) is 16.7.